The van der Waals surface area contributed by atoms with Crippen molar-refractivity contribution in [2.45, 2.75) is 24.5 Å². The van der Waals surface area contributed by atoms with Crippen LogP contribution in [0, 0.1) is 0 Å². The second-order valence-corrected chi connectivity index (χ2v) is 9.51. The first-order chi connectivity index (χ1) is 16.4. The molecule has 0 unspecified atom stereocenters. The van der Waals surface area contributed by atoms with E-state index in [1.165, 1.54) is 23.1 Å². The monoisotopic (exact) mass is 496 g/mol. The van der Waals surface area contributed by atoms with Crippen molar-refractivity contribution in [3.05, 3.63) is 59.9 Å². The average molecular weight is 497 g/mol. The fourth-order valence-electron chi connectivity index (χ4n) is 3.33. The first-order valence-electron chi connectivity index (χ1n) is 10.5. The predicted octanol–water partition coefficient (Wildman–Crippen LogP) is 3.58. The number of para-hydroxylation sites is 1. The maximum atomic E-state index is 12.5. The van der Waals surface area contributed by atoms with Gasteiger partial charge in [-0.05, 0) is 36.8 Å². The van der Waals surface area contributed by atoms with E-state index in [1.807, 2.05) is 62.5 Å². The Bertz CT molecular complexity index is 1270. The van der Waals surface area contributed by atoms with Gasteiger partial charge >= 0.3 is 0 Å². The molecular formula is C23H24N6O3S2. The molecule has 2 heterocycles. The summed E-state index contributed by atoms with van der Waals surface area (Å²) in [5, 5.41) is 15.3. The summed E-state index contributed by atoms with van der Waals surface area (Å²) >= 11 is 2.71. The van der Waals surface area contributed by atoms with Crippen molar-refractivity contribution in [1.82, 2.24) is 25.1 Å². The van der Waals surface area contributed by atoms with Crippen LogP contribution < -0.4 is 15.4 Å². The molecule has 11 heteroatoms. The largest absolute Gasteiger partial charge is 0.497 e. The number of nitrogens with one attached hydrogen (secondary N) is 2. The van der Waals surface area contributed by atoms with E-state index >= 15 is 0 Å². The molecule has 2 aromatic carbocycles. The average Bonchev–Trinajstić information content (AvgIpc) is 3.40. The fourth-order valence-corrected chi connectivity index (χ4v) is 4.93. The van der Waals surface area contributed by atoms with Crippen LogP contribution in [0.5, 0.6) is 5.75 Å². The molecule has 2 N–H and O–H groups in total. The van der Waals surface area contributed by atoms with E-state index in [4.69, 9.17) is 4.74 Å². The van der Waals surface area contributed by atoms with Crippen molar-refractivity contribution in [1.29, 1.82) is 0 Å². The lowest BCUT2D eigenvalue weighted by atomic mass is 10.1. The van der Waals surface area contributed by atoms with Gasteiger partial charge in [-0.2, -0.15) is 0 Å². The molecule has 4 rings (SSSR count). The van der Waals surface area contributed by atoms with E-state index in [0.29, 0.717) is 16.1 Å². The molecule has 0 saturated carbocycles. The Labute approximate surface area is 204 Å². The summed E-state index contributed by atoms with van der Waals surface area (Å²) < 4.78 is 7.95. The Morgan fingerprint density at radius 1 is 1.12 bits per heavy atom. The van der Waals surface area contributed by atoms with Gasteiger partial charge in [-0.15, -0.1) is 10.2 Å². The van der Waals surface area contributed by atoms with Crippen LogP contribution in [0.4, 0.5) is 5.13 Å². The Morgan fingerprint density at radius 2 is 1.88 bits per heavy atom. The Balaban J connectivity index is 1.29. The molecule has 2 aromatic heterocycles. The summed E-state index contributed by atoms with van der Waals surface area (Å²) in [4.78, 5) is 29.3. The van der Waals surface area contributed by atoms with Crippen molar-refractivity contribution in [3.8, 4) is 5.75 Å². The molecule has 1 atom stereocenters. The predicted molar refractivity (Wildman–Crippen MR) is 133 cm³/mol. The Kier molecular flexibility index (Phi) is 7.43. The number of anilines is 1. The highest BCUT2D eigenvalue weighted by Gasteiger charge is 2.19. The fraction of sp³-hybridized carbons (Fsp3) is 0.261. The second kappa shape index (κ2) is 10.7. The number of rotatable bonds is 9. The normalized spacial score (nSPS) is 11.9. The van der Waals surface area contributed by atoms with Crippen LogP contribution in [0.3, 0.4) is 0 Å². The summed E-state index contributed by atoms with van der Waals surface area (Å²) in [5.41, 5.74) is 1.75. The van der Waals surface area contributed by atoms with Crippen molar-refractivity contribution in [2.75, 3.05) is 18.2 Å². The van der Waals surface area contributed by atoms with Crippen molar-refractivity contribution < 1.29 is 14.3 Å². The first-order valence-corrected chi connectivity index (χ1v) is 12.3. The number of hydrogen-bond acceptors (Lipinski definition) is 8. The third kappa shape index (κ3) is 5.72. The standard InChI is InChI=1S/C23H24N6O3S2/c1-14(24-19(30)12-15-8-10-16(32-3)11-9-15)21-27-28-23(29(21)2)33-13-20(31)26-22-25-17-6-4-5-7-18(17)34-22/h4-11,14H,12-13H2,1-3H3,(H,24,30)(H,25,26,31)/t14-/m0/s1. The summed E-state index contributed by atoms with van der Waals surface area (Å²) in [5.74, 6) is 1.23. The van der Waals surface area contributed by atoms with E-state index in [-0.39, 0.29) is 30.0 Å². The van der Waals surface area contributed by atoms with E-state index < -0.39 is 0 Å². The zero-order chi connectivity index (χ0) is 24.1. The van der Waals surface area contributed by atoms with Crippen LogP contribution in [0.1, 0.15) is 24.4 Å². The molecule has 4 aromatic rings. The van der Waals surface area contributed by atoms with E-state index in [9.17, 15) is 9.59 Å². The van der Waals surface area contributed by atoms with Crippen LogP contribution in [-0.2, 0) is 23.1 Å². The Hall–Kier alpha value is -3.44. The van der Waals surface area contributed by atoms with Crippen LogP contribution in [0.2, 0.25) is 0 Å². The number of aromatic nitrogens is 4. The Morgan fingerprint density at radius 3 is 2.62 bits per heavy atom. The number of nitrogens with zero attached hydrogens (tertiary/aromatic N) is 4. The zero-order valence-electron chi connectivity index (χ0n) is 18.9. The molecule has 0 aliphatic heterocycles. The summed E-state index contributed by atoms with van der Waals surface area (Å²) in [6, 6.07) is 14.8. The number of amides is 2. The number of thiazole rings is 1. The van der Waals surface area contributed by atoms with Gasteiger partial charge in [0, 0.05) is 7.05 Å². The minimum Gasteiger partial charge on any atom is -0.497 e. The highest BCUT2D eigenvalue weighted by Crippen LogP contribution is 2.26. The lowest BCUT2D eigenvalue weighted by Crippen LogP contribution is -2.29. The number of ether oxygens (including phenoxy) is 1. The molecule has 34 heavy (non-hydrogen) atoms. The molecule has 9 nitrogen and oxygen atoms in total. The molecule has 176 valence electrons. The number of hydrogen-bond donors (Lipinski definition) is 2. The topological polar surface area (TPSA) is 111 Å². The SMILES string of the molecule is COc1ccc(CC(=O)N[C@@H](C)c2nnc(SCC(=O)Nc3nc4ccccc4s3)n2C)cc1. The molecular weight excluding hydrogens is 472 g/mol. The molecule has 0 aliphatic carbocycles. The van der Waals surface area contributed by atoms with Crippen LogP contribution in [-0.4, -0.2) is 44.4 Å². The number of benzene rings is 2. The molecule has 0 bridgehead atoms. The minimum atomic E-state index is -0.339. The summed E-state index contributed by atoms with van der Waals surface area (Å²) in [6.07, 6.45) is 0.250. The molecule has 0 fully saturated rings. The lowest BCUT2D eigenvalue weighted by Gasteiger charge is -2.13. The second-order valence-electron chi connectivity index (χ2n) is 7.54. The smallest absolute Gasteiger partial charge is 0.236 e. The third-order valence-corrected chi connectivity index (χ3v) is 7.00. The number of carbonyl (C=O) groups excluding carboxylic acids is 2. The maximum absolute atomic E-state index is 12.5. The van der Waals surface area contributed by atoms with Gasteiger partial charge in [0.05, 0.1) is 35.5 Å². The lowest BCUT2D eigenvalue weighted by molar-refractivity contribution is -0.121. The van der Waals surface area contributed by atoms with Gasteiger partial charge < -0.3 is 19.9 Å². The molecule has 0 saturated heterocycles. The molecule has 0 aliphatic rings. The van der Waals surface area contributed by atoms with E-state index in [0.717, 1.165) is 21.5 Å². The zero-order valence-corrected chi connectivity index (χ0v) is 20.6. The van der Waals surface area contributed by atoms with E-state index in [2.05, 4.69) is 25.8 Å². The molecule has 2 amide bonds. The van der Waals surface area contributed by atoms with Gasteiger partial charge in [-0.1, -0.05) is 47.4 Å². The number of carbonyl (C=O) groups is 2. The van der Waals surface area contributed by atoms with Crippen LogP contribution >= 0.6 is 23.1 Å². The number of fused-ring (bicyclic) bond motifs is 1. The van der Waals surface area contributed by atoms with Gasteiger partial charge in [-0.25, -0.2) is 4.98 Å². The third-order valence-electron chi connectivity index (χ3n) is 5.03. The summed E-state index contributed by atoms with van der Waals surface area (Å²) in [7, 11) is 3.42. The van der Waals surface area contributed by atoms with Crippen LogP contribution in [0.15, 0.2) is 53.7 Å². The van der Waals surface area contributed by atoms with Gasteiger partial charge in [0.25, 0.3) is 0 Å². The van der Waals surface area contributed by atoms with Crippen molar-refractivity contribution in [2.24, 2.45) is 7.05 Å². The van der Waals surface area contributed by atoms with Gasteiger partial charge in [-0.3, -0.25) is 9.59 Å². The number of methoxy groups -OCH3 is 1. The maximum Gasteiger partial charge on any atom is 0.236 e. The van der Waals surface area contributed by atoms with E-state index in [1.54, 1.807) is 11.7 Å². The van der Waals surface area contributed by atoms with Crippen molar-refractivity contribution in [3.63, 3.8) is 0 Å². The van der Waals surface area contributed by atoms with Gasteiger partial charge in [0.15, 0.2) is 16.1 Å². The minimum absolute atomic E-state index is 0.120. The number of thioether (sulfide) groups is 1. The van der Waals surface area contributed by atoms with Crippen molar-refractivity contribution >= 4 is 50.3 Å². The van der Waals surface area contributed by atoms with Gasteiger partial charge in [0.1, 0.15) is 5.75 Å². The highest BCUT2D eigenvalue weighted by molar-refractivity contribution is 7.99. The summed E-state index contributed by atoms with van der Waals surface area (Å²) in [6.45, 7) is 1.85. The molecule has 0 radical (unpaired) electrons. The first kappa shape index (κ1) is 23.7. The van der Waals surface area contributed by atoms with Crippen LogP contribution in [0.25, 0.3) is 10.2 Å². The highest BCUT2D eigenvalue weighted by atomic mass is 32.2. The molecule has 0 spiro atoms. The van der Waals surface area contributed by atoms with Gasteiger partial charge in [0.2, 0.25) is 11.8 Å². The quantitative estimate of drug-likeness (QED) is 0.341.